The van der Waals surface area contributed by atoms with Gasteiger partial charge in [-0.05, 0) is 48.9 Å². The zero-order chi connectivity index (χ0) is 19.1. The Hall–Kier alpha value is -3.05. The molecule has 0 aliphatic heterocycles. The Bertz CT molecular complexity index is 875. The summed E-state index contributed by atoms with van der Waals surface area (Å²) < 4.78 is 16.6. The van der Waals surface area contributed by atoms with Gasteiger partial charge in [-0.1, -0.05) is 30.3 Å². The lowest BCUT2D eigenvalue weighted by Gasteiger charge is -2.12. The quantitative estimate of drug-likeness (QED) is 0.601. The van der Waals surface area contributed by atoms with Crippen molar-refractivity contribution in [3.63, 3.8) is 0 Å². The Kier molecular flexibility index (Phi) is 6.28. The van der Waals surface area contributed by atoms with E-state index in [1.807, 2.05) is 66.7 Å². The highest BCUT2D eigenvalue weighted by Crippen LogP contribution is 2.20. The second-order valence-electron chi connectivity index (χ2n) is 6.03. The number of ether oxygens (including phenoxy) is 2. The van der Waals surface area contributed by atoms with Crippen molar-refractivity contribution in [1.29, 1.82) is 0 Å². The topological polar surface area (TPSA) is 68.9 Å². The maximum absolute atomic E-state index is 11.1. The van der Waals surface area contributed by atoms with Gasteiger partial charge in [0.05, 0.1) is 0 Å². The van der Waals surface area contributed by atoms with Crippen LogP contribution in [0, 0.1) is 0 Å². The van der Waals surface area contributed by atoms with Crippen molar-refractivity contribution in [2.45, 2.75) is 19.4 Å². The first-order valence-electron chi connectivity index (χ1n) is 8.87. The maximum atomic E-state index is 11.1. The third-order valence-electron chi connectivity index (χ3n) is 4.06. The molecule has 1 heterocycles. The number of rotatable bonds is 9. The molecule has 1 unspecified atom stereocenters. The standard InChI is InChI=1S/C22H22O5/c1-2-25-21(22(23)24)14-16-9-11-18(12-10-16)26-13-5-7-19-15-17-6-3-4-8-20(17)27-19/h3-12,15,21H,2,13-14H2,1H3,(H,23,24). The molecule has 0 fully saturated rings. The number of aliphatic carboxylic acids is 1. The lowest BCUT2D eigenvalue weighted by atomic mass is 10.1. The van der Waals surface area contributed by atoms with Gasteiger partial charge < -0.3 is 19.0 Å². The molecule has 0 amide bonds. The first-order chi connectivity index (χ1) is 13.2. The fourth-order valence-corrected chi connectivity index (χ4v) is 2.75. The molecule has 0 saturated heterocycles. The number of fused-ring (bicyclic) bond motifs is 1. The number of carboxylic acid groups (broad SMARTS) is 1. The Morgan fingerprint density at radius 1 is 1.19 bits per heavy atom. The van der Waals surface area contributed by atoms with Gasteiger partial charge in [0, 0.05) is 18.4 Å². The van der Waals surface area contributed by atoms with Crippen LogP contribution in [0.4, 0.5) is 0 Å². The average Bonchev–Trinajstić information content (AvgIpc) is 3.09. The predicted molar refractivity (Wildman–Crippen MR) is 104 cm³/mol. The summed E-state index contributed by atoms with van der Waals surface area (Å²) in [6, 6.07) is 17.2. The van der Waals surface area contributed by atoms with Crippen LogP contribution in [0.15, 0.2) is 65.1 Å². The summed E-state index contributed by atoms with van der Waals surface area (Å²) in [6.45, 7) is 2.56. The molecule has 3 aromatic rings. The fraction of sp³-hybridized carbons (Fsp3) is 0.227. The second kappa shape index (κ2) is 9.05. The van der Waals surface area contributed by atoms with Crippen molar-refractivity contribution in [2.24, 2.45) is 0 Å². The molecule has 3 rings (SSSR count). The van der Waals surface area contributed by atoms with Gasteiger partial charge in [-0.15, -0.1) is 0 Å². The summed E-state index contributed by atoms with van der Waals surface area (Å²) in [5.74, 6) is 0.551. The normalized spacial score (nSPS) is 12.5. The molecular formula is C22H22O5. The number of furan rings is 1. The van der Waals surface area contributed by atoms with Crippen LogP contribution in [0.25, 0.3) is 17.0 Å². The van der Waals surface area contributed by atoms with Gasteiger partial charge >= 0.3 is 5.97 Å². The monoisotopic (exact) mass is 366 g/mol. The van der Waals surface area contributed by atoms with Crippen LogP contribution in [0.1, 0.15) is 18.2 Å². The van der Waals surface area contributed by atoms with Crippen molar-refractivity contribution in [3.8, 4) is 5.75 Å². The van der Waals surface area contributed by atoms with Gasteiger partial charge in [0.15, 0.2) is 6.10 Å². The fourth-order valence-electron chi connectivity index (χ4n) is 2.75. The molecule has 0 aliphatic rings. The van der Waals surface area contributed by atoms with E-state index in [0.29, 0.717) is 19.6 Å². The summed E-state index contributed by atoms with van der Waals surface area (Å²) in [7, 11) is 0. The maximum Gasteiger partial charge on any atom is 0.333 e. The minimum atomic E-state index is -0.951. The second-order valence-corrected chi connectivity index (χ2v) is 6.03. The molecule has 0 radical (unpaired) electrons. The average molecular weight is 366 g/mol. The number of hydrogen-bond donors (Lipinski definition) is 1. The Morgan fingerprint density at radius 3 is 2.67 bits per heavy atom. The summed E-state index contributed by atoms with van der Waals surface area (Å²) >= 11 is 0. The molecule has 0 saturated carbocycles. The van der Waals surface area contributed by atoms with E-state index in [-0.39, 0.29) is 0 Å². The molecule has 5 nitrogen and oxygen atoms in total. The molecule has 0 aliphatic carbocycles. The zero-order valence-corrected chi connectivity index (χ0v) is 15.1. The number of para-hydroxylation sites is 1. The smallest absolute Gasteiger partial charge is 0.333 e. The van der Waals surface area contributed by atoms with Crippen molar-refractivity contribution < 1.29 is 23.8 Å². The summed E-state index contributed by atoms with van der Waals surface area (Å²) in [5.41, 5.74) is 1.75. The SMILES string of the molecule is CCOC(Cc1ccc(OCC=Cc2cc3ccccc3o2)cc1)C(=O)O. The molecule has 0 bridgehead atoms. The van der Waals surface area contributed by atoms with E-state index in [2.05, 4.69) is 0 Å². The van der Waals surface area contributed by atoms with Crippen LogP contribution in [0.2, 0.25) is 0 Å². The lowest BCUT2D eigenvalue weighted by Crippen LogP contribution is -2.26. The molecule has 140 valence electrons. The minimum absolute atomic E-state index is 0.329. The molecular weight excluding hydrogens is 344 g/mol. The van der Waals surface area contributed by atoms with E-state index in [1.165, 1.54) is 0 Å². The van der Waals surface area contributed by atoms with Crippen LogP contribution in [-0.4, -0.2) is 30.4 Å². The Labute approximate surface area is 157 Å². The molecule has 2 aromatic carbocycles. The molecule has 1 N–H and O–H groups in total. The largest absolute Gasteiger partial charge is 0.490 e. The third kappa shape index (κ3) is 5.21. The van der Waals surface area contributed by atoms with Crippen molar-refractivity contribution in [2.75, 3.05) is 13.2 Å². The van der Waals surface area contributed by atoms with Gasteiger partial charge in [-0.25, -0.2) is 4.79 Å². The number of benzene rings is 2. The van der Waals surface area contributed by atoms with E-state index >= 15 is 0 Å². The van der Waals surface area contributed by atoms with E-state index in [9.17, 15) is 4.79 Å². The van der Waals surface area contributed by atoms with Crippen LogP contribution >= 0.6 is 0 Å². The van der Waals surface area contributed by atoms with Crippen LogP contribution in [0.5, 0.6) is 5.75 Å². The molecule has 1 aromatic heterocycles. The van der Waals surface area contributed by atoms with Crippen molar-refractivity contribution >= 4 is 23.0 Å². The van der Waals surface area contributed by atoms with E-state index in [4.69, 9.17) is 19.0 Å². The molecule has 5 heteroatoms. The predicted octanol–water partition coefficient (Wildman–Crippen LogP) is 4.56. The molecule has 27 heavy (non-hydrogen) atoms. The first-order valence-corrected chi connectivity index (χ1v) is 8.87. The summed E-state index contributed by atoms with van der Waals surface area (Å²) in [6.07, 6.45) is 3.28. The highest BCUT2D eigenvalue weighted by molar-refractivity contribution is 5.79. The van der Waals surface area contributed by atoms with Gasteiger partial charge in [0.1, 0.15) is 23.7 Å². The van der Waals surface area contributed by atoms with Crippen molar-refractivity contribution in [3.05, 3.63) is 72.0 Å². The lowest BCUT2D eigenvalue weighted by molar-refractivity contribution is -0.149. The molecule has 1 atom stereocenters. The van der Waals surface area contributed by atoms with Crippen LogP contribution < -0.4 is 4.74 Å². The van der Waals surface area contributed by atoms with Gasteiger partial charge in [-0.3, -0.25) is 0 Å². The van der Waals surface area contributed by atoms with Crippen LogP contribution in [0.3, 0.4) is 0 Å². The van der Waals surface area contributed by atoms with Gasteiger partial charge in [0.2, 0.25) is 0 Å². The Morgan fingerprint density at radius 2 is 1.96 bits per heavy atom. The summed E-state index contributed by atoms with van der Waals surface area (Å²) in [4.78, 5) is 11.1. The number of hydrogen-bond acceptors (Lipinski definition) is 4. The first kappa shape index (κ1) is 18.7. The van der Waals surface area contributed by atoms with Gasteiger partial charge in [0.25, 0.3) is 0 Å². The van der Waals surface area contributed by atoms with Gasteiger partial charge in [-0.2, -0.15) is 0 Å². The Balaban J connectivity index is 1.51. The molecule has 0 spiro atoms. The minimum Gasteiger partial charge on any atom is -0.490 e. The third-order valence-corrected chi connectivity index (χ3v) is 4.06. The van der Waals surface area contributed by atoms with Crippen molar-refractivity contribution in [1.82, 2.24) is 0 Å². The van der Waals surface area contributed by atoms with Crippen LogP contribution in [-0.2, 0) is 16.0 Å². The van der Waals surface area contributed by atoms with E-state index in [0.717, 1.165) is 28.0 Å². The van der Waals surface area contributed by atoms with E-state index in [1.54, 1.807) is 6.92 Å². The number of carbonyl (C=O) groups is 1. The summed E-state index contributed by atoms with van der Waals surface area (Å²) in [5, 5.41) is 10.2. The number of carboxylic acids is 1. The zero-order valence-electron chi connectivity index (χ0n) is 15.1. The van der Waals surface area contributed by atoms with E-state index < -0.39 is 12.1 Å². The highest BCUT2D eigenvalue weighted by Gasteiger charge is 2.17. The highest BCUT2D eigenvalue weighted by atomic mass is 16.5.